The third kappa shape index (κ3) is 6.53. The summed E-state index contributed by atoms with van der Waals surface area (Å²) in [5, 5.41) is 6.70. The first-order valence-corrected chi connectivity index (χ1v) is 23.2. The number of benzene rings is 10. The summed E-state index contributed by atoms with van der Waals surface area (Å²) >= 11 is 0. The van der Waals surface area contributed by atoms with Gasteiger partial charge < -0.3 is 13.4 Å². The number of furan rings is 2. The van der Waals surface area contributed by atoms with E-state index in [0.29, 0.717) is 17.5 Å². The topological polar surface area (TPSA) is 69.9 Å². The lowest BCUT2D eigenvalue weighted by atomic mass is 9.96. The van der Waals surface area contributed by atoms with Crippen LogP contribution < -0.4 is 0 Å². The van der Waals surface area contributed by atoms with Crippen molar-refractivity contribution in [3.63, 3.8) is 0 Å². The molecule has 10 aromatic carbocycles. The Morgan fingerprint density at radius 2 is 0.826 bits per heavy atom. The van der Waals surface area contributed by atoms with Gasteiger partial charge in [-0.25, -0.2) is 15.0 Å². The first kappa shape index (κ1) is 38.8. The summed E-state index contributed by atoms with van der Waals surface area (Å²) in [6, 6.07) is 80.4. The van der Waals surface area contributed by atoms with Crippen molar-refractivity contribution in [2.75, 3.05) is 0 Å². The molecular weight excluding hydrogens is 845 g/mol. The van der Waals surface area contributed by atoms with Crippen molar-refractivity contribution < 1.29 is 8.83 Å². The maximum absolute atomic E-state index is 6.65. The maximum atomic E-state index is 6.65. The van der Waals surface area contributed by atoms with Crippen molar-refractivity contribution >= 4 is 65.7 Å². The summed E-state index contributed by atoms with van der Waals surface area (Å²) in [7, 11) is 0. The van der Waals surface area contributed by atoms with Crippen molar-refractivity contribution in [2.45, 2.75) is 0 Å². The van der Waals surface area contributed by atoms with E-state index in [0.717, 1.165) is 99.5 Å². The average Bonchev–Trinajstić information content (AvgIpc) is 4.10. The lowest BCUT2D eigenvalue weighted by molar-refractivity contribution is 0.668. The van der Waals surface area contributed by atoms with E-state index in [9.17, 15) is 0 Å². The maximum Gasteiger partial charge on any atom is 0.164 e. The van der Waals surface area contributed by atoms with Crippen molar-refractivity contribution in [1.82, 2.24) is 19.5 Å². The largest absolute Gasteiger partial charge is 0.456 e. The standard InChI is InChI=1S/C63H38N4O2/c1-4-14-39(15-5-1)42-27-32-55-52(35-42)49-22-10-11-24-54(49)67(55)47-29-31-50-53-36-43(28-33-56(53)68-59(50)38-47)44-26-30-51-58(37-44)69-57-25-13-23-48(60(51)57)45-20-12-21-46(34-45)63-65-61(40-16-6-2-7-17-40)64-62(66-63)41-18-8-3-9-19-41/h1-38H. The van der Waals surface area contributed by atoms with Gasteiger partial charge in [0.05, 0.1) is 11.0 Å². The summed E-state index contributed by atoms with van der Waals surface area (Å²) in [6.45, 7) is 0. The Bertz CT molecular complexity index is 4250. The molecular formula is C63H38N4O2. The van der Waals surface area contributed by atoms with E-state index < -0.39 is 0 Å². The van der Waals surface area contributed by atoms with Gasteiger partial charge in [-0.05, 0) is 100 Å². The predicted molar refractivity (Wildman–Crippen MR) is 281 cm³/mol. The Balaban J connectivity index is 0.819. The molecule has 0 radical (unpaired) electrons. The number of rotatable bonds is 7. The van der Waals surface area contributed by atoms with Crippen LogP contribution in [0.15, 0.2) is 239 Å². The van der Waals surface area contributed by atoms with Gasteiger partial charge in [0.25, 0.3) is 0 Å². The van der Waals surface area contributed by atoms with Gasteiger partial charge in [0.15, 0.2) is 17.5 Å². The van der Waals surface area contributed by atoms with Crippen LogP contribution in [0.3, 0.4) is 0 Å². The van der Waals surface area contributed by atoms with Crippen molar-refractivity contribution in [1.29, 1.82) is 0 Å². The average molecular weight is 883 g/mol. The Hall–Kier alpha value is -9.39. The second-order valence-corrected chi connectivity index (χ2v) is 17.6. The van der Waals surface area contributed by atoms with E-state index in [1.165, 1.54) is 21.9 Å². The first-order valence-electron chi connectivity index (χ1n) is 23.2. The van der Waals surface area contributed by atoms with Gasteiger partial charge in [-0.1, -0.05) is 158 Å². The van der Waals surface area contributed by atoms with Gasteiger partial charge in [-0.15, -0.1) is 0 Å². The molecule has 0 atom stereocenters. The normalized spacial score (nSPS) is 11.8. The zero-order chi connectivity index (χ0) is 45.4. The lowest BCUT2D eigenvalue weighted by Gasteiger charge is -2.10. The molecule has 0 aliphatic carbocycles. The van der Waals surface area contributed by atoms with Crippen LogP contribution >= 0.6 is 0 Å². The van der Waals surface area contributed by atoms with E-state index in [1.54, 1.807) is 0 Å². The molecule has 0 saturated heterocycles. The fourth-order valence-electron chi connectivity index (χ4n) is 10.2. The summed E-state index contributed by atoms with van der Waals surface area (Å²) in [6.07, 6.45) is 0. The highest BCUT2D eigenvalue weighted by Gasteiger charge is 2.19. The zero-order valence-electron chi connectivity index (χ0n) is 37.0. The molecule has 322 valence electrons. The van der Waals surface area contributed by atoms with Crippen LogP contribution in [0.1, 0.15) is 0 Å². The molecule has 0 amide bonds. The summed E-state index contributed by atoms with van der Waals surface area (Å²) in [4.78, 5) is 14.9. The van der Waals surface area contributed by atoms with E-state index in [4.69, 9.17) is 23.8 Å². The number of hydrogen-bond acceptors (Lipinski definition) is 5. The van der Waals surface area contributed by atoms with Crippen LogP contribution in [0.25, 0.3) is 139 Å². The highest BCUT2D eigenvalue weighted by Crippen LogP contribution is 2.42. The molecule has 6 heteroatoms. The fourth-order valence-corrected chi connectivity index (χ4v) is 10.2. The first-order chi connectivity index (χ1) is 34.2. The van der Waals surface area contributed by atoms with E-state index >= 15 is 0 Å². The van der Waals surface area contributed by atoms with Gasteiger partial charge in [-0.2, -0.15) is 0 Å². The van der Waals surface area contributed by atoms with Gasteiger partial charge in [-0.3, -0.25) is 0 Å². The van der Waals surface area contributed by atoms with Crippen molar-refractivity contribution in [3.05, 3.63) is 231 Å². The molecule has 14 aromatic rings. The van der Waals surface area contributed by atoms with Crippen LogP contribution in [0.5, 0.6) is 0 Å². The number of fused-ring (bicyclic) bond motifs is 9. The van der Waals surface area contributed by atoms with Gasteiger partial charge in [0.2, 0.25) is 0 Å². The van der Waals surface area contributed by atoms with Crippen LogP contribution in [0, 0.1) is 0 Å². The highest BCUT2D eigenvalue weighted by molar-refractivity contribution is 6.14. The van der Waals surface area contributed by atoms with Crippen LogP contribution in [0.4, 0.5) is 0 Å². The third-order valence-corrected chi connectivity index (χ3v) is 13.5. The number of hydrogen-bond donors (Lipinski definition) is 0. The molecule has 0 aliphatic heterocycles. The molecule has 0 N–H and O–H groups in total. The second kappa shape index (κ2) is 15.6. The minimum Gasteiger partial charge on any atom is -0.456 e. The van der Waals surface area contributed by atoms with Crippen LogP contribution in [-0.4, -0.2) is 19.5 Å². The smallest absolute Gasteiger partial charge is 0.164 e. The van der Waals surface area contributed by atoms with Crippen molar-refractivity contribution in [3.8, 4) is 73.2 Å². The molecule has 0 aliphatic rings. The Labute approximate surface area is 396 Å². The molecule has 0 fully saturated rings. The monoisotopic (exact) mass is 882 g/mol. The molecule has 4 aromatic heterocycles. The van der Waals surface area contributed by atoms with Gasteiger partial charge >= 0.3 is 0 Å². The number of nitrogens with zero attached hydrogens (tertiary/aromatic N) is 4. The Morgan fingerprint density at radius 1 is 0.275 bits per heavy atom. The second-order valence-electron chi connectivity index (χ2n) is 17.6. The molecule has 0 unspecified atom stereocenters. The molecule has 14 rings (SSSR count). The summed E-state index contributed by atoms with van der Waals surface area (Å²) in [5.74, 6) is 1.88. The SMILES string of the molecule is c1ccc(-c2ccc3c(c2)c2ccccc2n3-c2ccc3c(c2)oc2ccc(-c4ccc5c(c4)oc4cccc(-c6cccc(-c7nc(-c8ccccc8)nc(-c8ccccc8)n7)c6)c45)cc23)cc1. The number of para-hydroxylation sites is 1. The lowest BCUT2D eigenvalue weighted by Crippen LogP contribution is -2.00. The number of aromatic nitrogens is 4. The van der Waals surface area contributed by atoms with Crippen LogP contribution in [-0.2, 0) is 0 Å². The molecule has 69 heavy (non-hydrogen) atoms. The molecule has 4 heterocycles. The third-order valence-electron chi connectivity index (χ3n) is 13.5. The predicted octanol–water partition coefficient (Wildman–Crippen LogP) is 16.8. The van der Waals surface area contributed by atoms with Crippen LogP contribution in [0.2, 0.25) is 0 Å². The highest BCUT2D eigenvalue weighted by atomic mass is 16.3. The fraction of sp³-hybridized carbons (Fsp3) is 0. The van der Waals surface area contributed by atoms with Crippen molar-refractivity contribution in [2.24, 2.45) is 0 Å². The minimum absolute atomic E-state index is 0.613. The van der Waals surface area contributed by atoms with Gasteiger partial charge in [0, 0.05) is 60.8 Å². The quantitative estimate of drug-likeness (QED) is 0.159. The molecule has 0 saturated carbocycles. The molecule has 0 bridgehead atoms. The zero-order valence-corrected chi connectivity index (χ0v) is 37.0. The Kier molecular flexibility index (Phi) is 8.79. The molecule has 0 spiro atoms. The summed E-state index contributed by atoms with van der Waals surface area (Å²) < 4.78 is 15.6. The Morgan fingerprint density at radius 3 is 1.61 bits per heavy atom. The molecule has 6 nitrogen and oxygen atoms in total. The van der Waals surface area contributed by atoms with E-state index in [2.05, 4.69) is 168 Å². The van der Waals surface area contributed by atoms with E-state index in [1.807, 2.05) is 66.7 Å². The van der Waals surface area contributed by atoms with E-state index in [-0.39, 0.29) is 0 Å². The minimum atomic E-state index is 0.613. The summed E-state index contributed by atoms with van der Waals surface area (Å²) in [5.41, 5.74) is 16.2. The van der Waals surface area contributed by atoms with Gasteiger partial charge in [0.1, 0.15) is 22.3 Å².